The van der Waals surface area contributed by atoms with Crippen LogP contribution in [-0.2, 0) is 6.54 Å². The van der Waals surface area contributed by atoms with E-state index in [0.29, 0.717) is 23.2 Å². The number of rotatable bonds is 8. The summed E-state index contributed by atoms with van der Waals surface area (Å²) in [4.78, 5) is 28.4. The van der Waals surface area contributed by atoms with Gasteiger partial charge in [0.15, 0.2) is 18.1 Å². The highest BCUT2D eigenvalue weighted by Gasteiger charge is 2.39. The van der Waals surface area contributed by atoms with Crippen molar-refractivity contribution in [3.63, 3.8) is 0 Å². The van der Waals surface area contributed by atoms with Crippen LogP contribution in [0.1, 0.15) is 58.1 Å². The molecule has 1 fully saturated rings. The molecule has 0 aromatic carbocycles. The van der Waals surface area contributed by atoms with Crippen LogP contribution in [0.25, 0.3) is 5.65 Å². The fraction of sp³-hybridized carbons (Fsp3) is 0.476. The molecule has 1 N–H and O–H groups in total. The molecule has 4 rings (SSSR count). The van der Waals surface area contributed by atoms with Crippen LogP contribution in [0.2, 0.25) is 0 Å². The number of hydrogen-bond acceptors (Lipinski definition) is 5. The van der Waals surface area contributed by atoms with Gasteiger partial charge in [-0.1, -0.05) is 0 Å². The second-order valence-electron chi connectivity index (χ2n) is 8.32. The standard InChI is InChI=1S/C21H21F5N6O2/c22-15(19(23)24)9-31-8-14(7-27-31)20(34)30-18(13-1-3-21(25,26)4-2-13)16-10-32-17(29-16)5-12(11-33)6-28-32/h5-8,10-11,13,15,18-19H,1-4,9H2,(H,30,34). The summed E-state index contributed by atoms with van der Waals surface area (Å²) in [5, 5.41) is 10.6. The zero-order valence-corrected chi connectivity index (χ0v) is 17.8. The number of carbonyl (C=O) groups is 2. The second-order valence-corrected chi connectivity index (χ2v) is 8.32. The van der Waals surface area contributed by atoms with Gasteiger partial charge in [0.1, 0.15) is 0 Å². The summed E-state index contributed by atoms with van der Waals surface area (Å²) in [6, 6.07) is 0.737. The predicted octanol–water partition coefficient (Wildman–Crippen LogP) is 3.64. The molecule has 3 aromatic rings. The first-order chi connectivity index (χ1) is 16.1. The number of aromatic nitrogens is 5. The molecule has 0 aliphatic heterocycles. The Labute approximate surface area is 190 Å². The lowest BCUT2D eigenvalue weighted by Gasteiger charge is -2.33. The van der Waals surface area contributed by atoms with Crippen LogP contribution in [0.4, 0.5) is 22.0 Å². The Bertz CT molecular complexity index is 1170. The minimum absolute atomic E-state index is 0.00210. The van der Waals surface area contributed by atoms with Crippen molar-refractivity contribution >= 4 is 17.8 Å². The number of fused-ring (bicyclic) bond motifs is 1. The highest BCUT2D eigenvalue weighted by Crippen LogP contribution is 2.41. The zero-order valence-electron chi connectivity index (χ0n) is 17.8. The molecular formula is C21H21F5N6O2. The lowest BCUT2D eigenvalue weighted by Crippen LogP contribution is -2.37. The number of hydrogen-bond donors (Lipinski definition) is 1. The number of halogens is 5. The average molecular weight is 484 g/mol. The Kier molecular flexibility index (Phi) is 6.62. The van der Waals surface area contributed by atoms with Gasteiger partial charge in [-0.15, -0.1) is 0 Å². The van der Waals surface area contributed by atoms with E-state index in [1.165, 1.54) is 16.8 Å². The van der Waals surface area contributed by atoms with Gasteiger partial charge >= 0.3 is 0 Å². The van der Waals surface area contributed by atoms with Gasteiger partial charge in [0.05, 0.1) is 42.4 Å². The van der Waals surface area contributed by atoms with E-state index in [2.05, 4.69) is 20.5 Å². The van der Waals surface area contributed by atoms with Gasteiger partial charge in [0, 0.05) is 24.6 Å². The summed E-state index contributed by atoms with van der Waals surface area (Å²) in [6.07, 6.45) is -0.285. The molecule has 2 unspecified atom stereocenters. The first-order valence-electron chi connectivity index (χ1n) is 10.6. The molecule has 13 heteroatoms. The number of imidazole rings is 1. The normalized spacial score (nSPS) is 18.2. The maximum Gasteiger partial charge on any atom is 0.271 e. The van der Waals surface area contributed by atoms with Crippen molar-refractivity contribution in [1.82, 2.24) is 29.7 Å². The topological polar surface area (TPSA) is 94.2 Å². The van der Waals surface area contributed by atoms with E-state index in [9.17, 15) is 31.5 Å². The van der Waals surface area contributed by atoms with Gasteiger partial charge in [-0.3, -0.25) is 14.3 Å². The third kappa shape index (κ3) is 5.23. The van der Waals surface area contributed by atoms with Crippen LogP contribution in [0.3, 0.4) is 0 Å². The van der Waals surface area contributed by atoms with Crippen LogP contribution >= 0.6 is 0 Å². The number of nitrogens with one attached hydrogen (secondary N) is 1. The molecule has 8 nitrogen and oxygen atoms in total. The SMILES string of the molecule is O=Cc1cnn2cc(C(NC(=O)c3cnn(CC(F)C(F)F)c3)C3CCC(F)(F)CC3)nc2c1. The van der Waals surface area contributed by atoms with Crippen molar-refractivity contribution in [2.24, 2.45) is 5.92 Å². The largest absolute Gasteiger partial charge is 0.343 e. The summed E-state index contributed by atoms with van der Waals surface area (Å²) in [5.41, 5.74) is 1.00. The maximum atomic E-state index is 13.7. The van der Waals surface area contributed by atoms with Gasteiger partial charge in [-0.2, -0.15) is 10.2 Å². The summed E-state index contributed by atoms with van der Waals surface area (Å²) < 4.78 is 68.0. The molecule has 3 aromatic heterocycles. The quantitative estimate of drug-likeness (QED) is 0.389. The van der Waals surface area contributed by atoms with Crippen molar-refractivity contribution in [2.45, 2.75) is 56.8 Å². The van der Waals surface area contributed by atoms with Crippen LogP contribution in [-0.4, -0.2) is 55.1 Å². The fourth-order valence-corrected chi connectivity index (χ4v) is 4.02. The Morgan fingerprint density at radius 3 is 2.59 bits per heavy atom. The minimum Gasteiger partial charge on any atom is -0.343 e. The summed E-state index contributed by atoms with van der Waals surface area (Å²) in [7, 11) is 0. The third-order valence-corrected chi connectivity index (χ3v) is 5.86. The van der Waals surface area contributed by atoms with E-state index in [-0.39, 0.29) is 37.2 Å². The van der Waals surface area contributed by atoms with Crippen molar-refractivity contribution < 1.29 is 31.5 Å². The fourth-order valence-electron chi connectivity index (χ4n) is 4.02. The molecule has 34 heavy (non-hydrogen) atoms. The molecular weight excluding hydrogens is 463 g/mol. The zero-order chi connectivity index (χ0) is 24.5. The molecule has 182 valence electrons. The molecule has 0 bridgehead atoms. The van der Waals surface area contributed by atoms with Gasteiger partial charge in [-0.05, 0) is 24.8 Å². The average Bonchev–Trinajstić information content (AvgIpc) is 3.44. The molecule has 0 spiro atoms. The Morgan fingerprint density at radius 1 is 1.18 bits per heavy atom. The lowest BCUT2D eigenvalue weighted by atomic mass is 9.81. The number of amides is 1. The van der Waals surface area contributed by atoms with E-state index in [1.54, 1.807) is 6.20 Å². The first kappa shape index (κ1) is 23.8. The number of aldehydes is 1. The van der Waals surface area contributed by atoms with E-state index >= 15 is 0 Å². The smallest absolute Gasteiger partial charge is 0.271 e. The van der Waals surface area contributed by atoms with Crippen molar-refractivity contribution in [2.75, 3.05) is 0 Å². The van der Waals surface area contributed by atoms with Gasteiger partial charge in [0.2, 0.25) is 5.92 Å². The minimum atomic E-state index is -3.18. The molecule has 0 saturated heterocycles. The van der Waals surface area contributed by atoms with E-state index in [4.69, 9.17) is 0 Å². The van der Waals surface area contributed by atoms with Crippen LogP contribution in [0.15, 0.2) is 30.9 Å². The third-order valence-electron chi connectivity index (χ3n) is 5.86. The van der Waals surface area contributed by atoms with Crippen molar-refractivity contribution in [1.29, 1.82) is 0 Å². The van der Waals surface area contributed by atoms with Crippen LogP contribution in [0.5, 0.6) is 0 Å². The first-order valence-corrected chi connectivity index (χ1v) is 10.6. The highest BCUT2D eigenvalue weighted by atomic mass is 19.3. The highest BCUT2D eigenvalue weighted by molar-refractivity contribution is 5.94. The molecule has 2 atom stereocenters. The summed E-state index contributed by atoms with van der Waals surface area (Å²) in [5.74, 6) is -3.78. The Balaban J connectivity index is 1.58. The van der Waals surface area contributed by atoms with Gasteiger partial charge in [0.25, 0.3) is 12.3 Å². The lowest BCUT2D eigenvalue weighted by molar-refractivity contribution is -0.0495. The summed E-state index contributed by atoms with van der Waals surface area (Å²) in [6.45, 7) is -0.719. The molecule has 1 saturated carbocycles. The molecule has 1 aliphatic carbocycles. The maximum absolute atomic E-state index is 13.7. The van der Waals surface area contributed by atoms with Crippen molar-refractivity contribution in [3.05, 3.63) is 47.7 Å². The van der Waals surface area contributed by atoms with Crippen molar-refractivity contribution in [3.8, 4) is 0 Å². The van der Waals surface area contributed by atoms with E-state index in [1.807, 2.05) is 0 Å². The van der Waals surface area contributed by atoms with Crippen LogP contribution in [0, 0.1) is 5.92 Å². The van der Waals surface area contributed by atoms with E-state index < -0.39 is 37.0 Å². The molecule has 1 aliphatic rings. The monoisotopic (exact) mass is 484 g/mol. The molecule has 1 amide bonds. The number of nitrogens with zero attached hydrogens (tertiary/aromatic N) is 5. The van der Waals surface area contributed by atoms with E-state index in [0.717, 1.165) is 17.1 Å². The van der Waals surface area contributed by atoms with Crippen LogP contribution < -0.4 is 5.32 Å². The molecule has 0 radical (unpaired) electrons. The number of carbonyl (C=O) groups excluding carboxylic acids is 2. The second kappa shape index (κ2) is 9.47. The Morgan fingerprint density at radius 2 is 1.91 bits per heavy atom. The number of alkyl halides is 5. The van der Waals surface area contributed by atoms with Gasteiger partial charge < -0.3 is 5.32 Å². The Hall–Kier alpha value is -3.38. The summed E-state index contributed by atoms with van der Waals surface area (Å²) >= 11 is 0. The van der Waals surface area contributed by atoms with Gasteiger partial charge in [-0.25, -0.2) is 31.5 Å². The molecule has 3 heterocycles. The predicted molar refractivity (Wildman–Crippen MR) is 109 cm³/mol.